The Bertz CT molecular complexity index is 892. The highest BCUT2D eigenvalue weighted by atomic mass is 35.5. The molecule has 3 heterocycles. The van der Waals surface area contributed by atoms with Crippen molar-refractivity contribution < 1.29 is 0 Å². The second-order valence-electron chi connectivity index (χ2n) is 6.76. The van der Waals surface area contributed by atoms with Crippen molar-refractivity contribution in [1.29, 1.82) is 5.41 Å². The molecular weight excluding hydrogens is 370 g/mol. The Morgan fingerprint density at radius 2 is 2.04 bits per heavy atom. The number of rotatable bonds is 2. The van der Waals surface area contributed by atoms with Gasteiger partial charge in [-0.15, -0.1) is 29.0 Å². The number of nitrogens with one attached hydrogen (secondary N) is 2. The molecule has 130 valence electrons. The smallest absolute Gasteiger partial charge is 0.110 e. The van der Waals surface area contributed by atoms with Crippen molar-refractivity contribution in [3.8, 4) is 22.3 Å². The molecule has 0 saturated carbocycles. The zero-order valence-electron chi connectivity index (χ0n) is 14.7. The molecule has 0 aromatic carbocycles. The average Bonchev–Trinajstić information content (AvgIpc) is 2.95. The number of thioether (sulfide) groups is 1. The maximum atomic E-state index is 8.32. The third-order valence-corrected chi connectivity index (χ3v) is 7.71. The van der Waals surface area contributed by atoms with Gasteiger partial charge in [-0.25, -0.2) is 0 Å². The largest absolute Gasteiger partial charge is 0.362 e. The van der Waals surface area contributed by atoms with Crippen molar-refractivity contribution in [1.82, 2.24) is 10.3 Å². The van der Waals surface area contributed by atoms with Gasteiger partial charge in [-0.2, -0.15) is 0 Å². The molecule has 1 fully saturated rings. The second kappa shape index (κ2) is 6.68. The Labute approximate surface area is 162 Å². The average molecular weight is 390 g/mol. The van der Waals surface area contributed by atoms with Crippen LogP contribution in [0.15, 0.2) is 24.5 Å². The molecule has 25 heavy (non-hydrogen) atoms. The van der Waals surface area contributed by atoms with Crippen LogP contribution in [0.25, 0.3) is 10.4 Å². The third-order valence-electron chi connectivity index (χ3n) is 4.20. The molecule has 0 unspecified atom stereocenters. The molecule has 2 aromatic rings. The van der Waals surface area contributed by atoms with Crippen LogP contribution in [-0.2, 0) is 5.54 Å². The van der Waals surface area contributed by atoms with Gasteiger partial charge in [-0.3, -0.25) is 10.4 Å². The van der Waals surface area contributed by atoms with Gasteiger partial charge in [0.15, 0.2) is 0 Å². The zero-order valence-corrected chi connectivity index (χ0v) is 17.0. The van der Waals surface area contributed by atoms with Gasteiger partial charge in [-0.05, 0) is 39.8 Å². The topological polar surface area (TPSA) is 48.8 Å². The van der Waals surface area contributed by atoms with Crippen molar-refractivity contribution >= 4 is 40.5 Å². The molecule has 0 radical (unpaired) electrons. The van der Waals surface area contributed by atoms with Crippen molar-refractivity contribution in [2.75, 3.05) is 5.75 Å². The lowest BCUT2D eigenvalue weighted by atomic mass is 10.00. The van der Waals surface area contributed by atoms with E-state index >= 15 is 0 Å². The first-order valence-electron chi connectivity index (χ1n) is 7.94. The van der Waals surface area contributed by atoms with Crippen molar-refractivity contribution in [2.24, 2.45) is 0 Å². The van der Waals surface area contributed by atoms with E-state index in [1.165, 1.54) is 0 Å². The van der Waals surface area contributed by atoms with Crippen molar-refractivity contribution in [3.05, 3.63) is 40.0 Å². The van der Waals surface area contributed by atoms with Crippen LogP contribution in [0, 0.1) is 17.3 Å². The summed E-state index contributed by atoms with van der Waals surface area (Å²) in [5.74, 6) is 7.34. The molecule has 6 heteroatoms. The lowest BCUT2D eigenvalue weighted by molar-refractivity contribution is 0.483. The first-order chi connectivity index (χ1) is 11.7. The molecule has 3 nitrogen and oxygen atoms in total. The molecule has 1 aliphatic rings. The Morgan fingerprint density at radius 3 is 2.72 bits per heavy atom. The van der Waals surface area contributed by atoms with Crippen molar-refractivity contribution in [2.45, 2.75) is 38.0 Å². The van der Waals surface area contributed by atoms with E-state index in [2.05, 4.69) is 42.9 Å². The molecule has 0 bridgehead atoms. The second-order valence-corrected chi connectivity index (χ2v) is 9.81. The van der Waals surface area contributed by atoms with Crippen LogP contribution in [0.2, 0.25) is 5.02 Å². The fourth-order valence-electron chi connectivity index (χ4n) is 2.66. The van der Waals surface area contributed by atoms with E-state index in [0.29, 0.717) is 5.84 Å². The van der Waals surface area contributed by atoms with E-state index < -0.39 is 0 Å². The van der Waals surface area contributed by atoms with E-state index in [1.807, 2.05) is 25.3 Å². The number of aromatic nitrogens is 1. The number of amidine groups is 1. The van der Waals surface area contributed by atoms with Gasteiger partial charge in [0.05, 0.1) is 15.3 Å². The summed E-state index contributed by atoms with van der Waals surface area (Å²) in [6.45, 7) is 8.07. The number of hydrogen-bond donors (Lipinski definition) is 2. The summed E-state index contributed by atoms with van der Waals surface area (Å²) in [7, 11) is 0. The van der Waals surface area contributed by atoms with Crippen LogP contribution in [0.5, 0.6) is 0 Å². The van der Waals surface area contributed by atoms with Crippen LogP contribution < -0.4 is 5.32 Å². The summed E-state index contributed by atoms with van der Waals surface area (Å²) < 4.78 is -0.191. The lowest BCUT2D eigenvalue weighted by Gasteiger charge is -2.42. The predicted molar refractivity (Wildman–Crippen MR) is 110 cm³/mol. The van der Waals surface area contributed by atoms with Gasteiger partial charge in [0.2, 0.25) is 0 Å². The summed E-state index contributed by atoms with van der Waals surface area (Å²) >= 11 is 10.0. The first-order valence-corrected chi connectivity index (χ1v) is 10.1. The maximum absolute atomic E-state index is 8.32. The number of hydrogen-bond acceptors (Lipinski definition) is 4. The van der Waals surface area contributed by atoms with Crippen LogP contribution in [0.4, 0.5) is 0 Å². The minimum Gasteiger partial charge on any atom is -0.362 e. The van der Waals surface area contributed by atoms with E-state index in [-0.39, 0.29) is 10.3 Å². The Morgan fingerprint density at radius 1 is 1.28 bits per heavy atom. The monoisotopic (exact) mass is 389 g/mol. The standard InChI is InChI=1S/C19H20ClN3S2/c1-5-6-12-7-13(10-22-9-12)15-8-14(20)16(25-15)19(4)11-24-18(2,3)17(21)23-19/h7-10H,11H2,1-4H3,(H2,21,23)/t19-/m0/s1. The number of thiophene rings is 1. The normalized spacial score (nSPS) is 22.0. The fraction of sp³-hybridized carbons (Fsp3) is 0.368. The SMILES string of the molecule is CC#Cc1cncc(-c2cc(Cl)c([C@]3(C)CSC(C)(C)C(=N)N3)s2)c1. The van der Waals surface area contributed by atoms with Gasteiger partial charge < -0.3 is 5.32 Å². The van der Waals surface area contributed by atoms with Crippen LogP contribution >= 0.6 is 34.7 Å². The molecule has 1 atom stereocenters. The van der Waals surface area contributed by atoms with Crippen LogP contribution in [0.3, 0.4) is 0 Å². The third kappa shape index (κ3) is 3.57. The van der Waals surface area contributed by atoms with E-state index in [9.17, 15) is 0 Å². The summed E-state index contributed by atoms with van der Waals surface area (Å²) in [6, 6.07) is 4.02. The molecule has 1 saturated heterocycles. The number of halogens is 1. The highest BCUT2D eigenvalue weighted by Crippen LogP contribution is 2.45. The molecule has 0 amide bonds. The van der Waals surface area contributed by atoms with Gasteiger partial charge in [0, 0.05) is 39.0 Å². The van der Waals surface area contributed by atoms with Gasteiger partial charge in [0.1, 0.15) is 5.84 Å². The Hall–Kier alpha value is -1.48. The molecule has 3 rings (SSSR count). The highest BCUT2D eigenvalue weighted by Gasteiger charge is 2.42. The summed E-state index contributed by atoms with van der Waals surface area (Å²) in [5.41, 5.74) is 1.57. The lowest BCUT2D eigenvalue weighted by Crippen LogP contribution is -2.56. The molecule has 2 N–H and O–H groups in total. The highest BCUT2D eigenvalue weighted by molar-refractivity contribution is 8.01. The zero-order chi connectivity index (χ0) is 18.2. The van der Waals surface area contributed by atoms with Gasteiger partial charge >= 0.3 is 0 Å². The van der Waals surface area contributed by atoms with Gasteiger partial charge in [0.25, 0.3) is 0 Å². The van der Waals surface area contributed by atoms with Crippen molar-refractivity contribution in [3.63, 3.8) is 0 Å². The van der Waals surface area contributed by atoms with Crippen LogP contribution in [0.1, 0.15) is 38.1 Å². The van der Waals surface area contributed by atoms with E-state index in [0.717, 1.165) is 31.7 Å². The molecular formula is C19H20ClN3S2. The summed E-state index contributed by atoms with van der Waals surface area (Å²) in [4.78, 5) is 6.41. The van der Waals surface area contributed by atoms with E-state index in [4.69, 9.17) is 17.0 Å². The minimum atomic E-state index is -0.342. The first kappa shape index (κ1) is 18.3. The molecule has 0 aliphatic carbocycles. The number of nitrogens with zero attached hydrogens (tertiary/aromatic N) is 1. The molecule has 1 aliphatic heterocycles. The Balaban J connectivity index is 1.97. The molecule has 0 spiro atoms. The minimum absolute atomic E-state index is 0.191. The summed E-state index contributed by atoms with van der Waals surface area (Å²) in [6.07, 6.45) is 3.60. The summed E-state index contributed by atoms with van der Waals surface area (Å²) in [5, 5.41) is 12.4. The quantitative estimate of drug-likeness (QED) is 0.699. The number of pyridine rings is 1. The van der Waals surface area contributed by atoms with E-state index in [1.54, 1.807) is 29.3 Å². The molecule has 2 aromatic heterocycles. The van der Waals surface area contributed by atoms with Crippen LogP contribution in [-0.4, -0.2) is 21.3 Å². The maximum Gasteiger partial charge on any atom is 0.110 e. The Kier molecular flexibility index (Phi) is 4.89. The fourth-order valence-corrected chi connectivity index (χ4v) is 5.44. The predicted octanol–water partition coefficient (Wildman–Crippen LogP) is 5.14. The van der Waals surface area contributed by atoms with Gasteiger partial charge in [-0.1, -0.05) is 17.5 Å².